The molecule has 2 aromatic rings. The zero-order valence-electron chi connectivity index (χ0n) is 18.5. The number of nitrogens with one attached hydrogen (secondary N) is 1. The van der Waals surface area contributed by atoms with Crippen molar-refractivity contribution in [2.24, 2.45) is 0 Å². The summed E-state index contributed by atoms with van der Waals surface area (Å²) in [5.41, 5.74) is 2.79. The summed E-state index contributed by atoms with van der Waals surface area (Å²) in [5, 5.41) is 3.85. The number of rotatable bonds is 10. The van der Waals surface area contributed by atoms with Crippen molar-refractivity contribution in [3.8, 4) is 5.75 Å². The molecule has 0 spiro atoms. The highest BCUT2D eigenvalue weighted by molar-refractivity contribution is 6.35. The van der Waals surface area contributed by atoms with Gasteiger partial charge in [-0.15, -0.1) is 0 Å². The van der Waals surface area contributed by atoms with Crippen LogP contribution in [0.5, 0.6) is 5.75 Å². The van der Waals surface area contributed by atoms with Crippen molar-refractivity contribution in [1.82, 2.24) is 10.2 Å². The van der Waals surface area contributed by atoms with E-state index in [1.165, 1.54) is 4.90 Å². The summed E-state index contributed by atoms with van der Waals surface area (Å²) in [4.78, 5) is 27.5. The molecule has 2 rings (SSSR count). The first-order chi connectivity index (χ1) is 14.8. The number of hydrogen-bond donors (Lipinski definition) is 1. The van der Waals surface area contributed by atoms with E-state index in [2.05, 4.69) is 5.32 Å². The van der Waals surface area contributed by atoms with Crippen molar-refractivity contribution in [1.29, 1.82) is 0 Å². The zero-order valence-corrected chi connectivity index (χ0v) is 20.0. The van der Waals surface area contributed by atoms with Gasteiger partial charge in [-0.25, -0.2) is 0 Å². The smallest absolute Gasteiger partial charge is 0.261 e. The Morgan fingerprint density at radius 3 is 2.45 bits per heavy atom. The monoisotopic (exact) mass is 464 g/mol. The van der Waals surface area contributed by atoms with Crippen LogP contribution in [-0.2, 0) is 16.1 Å². The summed E-state index contributed by atoms with van der Waals surface area (Å²) in [7, 11) is 0. The highest BCUT2D eigenvalue weighted by Crippen LogP contribution is 2.24. The van der Waals surface area contributed by atoms with E-state index in [1.807, 2.05) is 45.9 Å². The Balaban J connectivity index is 2.25. The molecule has 1 atom stereocenters. The average Bonchev–Trinajstić information content (AvgIpc) is 2.72. The summed E-state index contributed by atoms with van der Waals surface area (Å²) in [6.45, 7) is 8.36. The summed E-state index contributed by atoms with van der Waals surface area (Å²) in [5.74, 6) is 0.172. The number of carbonyl (C=O) groups is 2. The maximum absolute atomic E-state index is 13.2. The normalized spacial score (nSPS) is 11.7. The van der Waals surface area contributed by atoms with Gasteiger partial charge in [0, 0.05) is 23.1 Å². The van der Waals surface area contributed by atoms with Crippen LogP contribution in [0.3, 0.4) is 0 Å². The Morgan fingerprint density at radius 1 is 1.10 bits per heavy atom. The van der Waals surface area contributed by atoms with E-state index in [0.29, 0.717) is 34.3 Å². The number of ether oxygens (including phenoxy) is 1. The quantitative estimate of drug-likeness (QED) is 0.517. The molecule has 0 radical (unpaired) electrons. The number of carbonyl (C=O) groups excluding carboxylic acids is 2. The molecule has 0 aliphatic carbocycles. The van der Waals surface area contributed by atoms with E-state index < -0.39 is 6.04 Å². The lowest BCUT2D eigenvalue weighted by Crippen LogP contribution is -2.50. The zero-order chi connectivity index (χ0) is 23.0. The SMILES string of the molecule is CCCNC(=O)C(CC)N(Cc1ccc(Cl)cc1Cl)C(=O)COc1ccc(C)cc1C. The van der Waals surface area contributed by atoms with Crippen LogP contribution in [0.25, 0.3) is 0 Å². The Labute approximate surface area is 194 Å². The maximum Gasteiger partial charge on any atom is 0.261 e. The molecule has 0 bridgehead atoms. The van der Waals surface area contributed by atoms with E-state index in [1.54, 1.807) is 18.2 Å². The highest BCUT2D eigenvalue weighted by Gasteiger charge is 2.29. The molecule has 31 heavy (non-hydrogen) atoms. The minimum atomic E-state index is -0.631. The van der Waals surface area contributed by atoms with Gasteiger partial charge in [0.2, 0.25) is 5.91 Å². The lowest BCUT2D eigenvalue weighted by Gasteiger charge is -2.31. The third-order valence-corrected chi connectivity index (χ3v) is 5.56. The van der Waals surface area contributed by atoms with Gasteiger partial charge in [-0.1, -0.05) is 60.8 Å². The summed E-state index contributed by atoms with van der Waals surface area (Å²) >= 11 is 12.4. The van der Waals surface area contributed by atoms with Gasteiger partial charge in [-0.05, 0) is 56.0 Å². The Bertz CT molecular complexity index is 918. The van der Waals surface area contributed by atoms with Crippen LogP contribution in [0, 0.1) is 13.8 Å². The molecule has 1 N–H and O–H groups in total. The Morgan fingerprint density at radius 2 is 1.84 bits per heavy atom. The molecule has 0 saturated carbocycles. The van der Waals surface area contributed by atoms with Crippen LogP contribution >= 0.6 is 23.2 Å². The van der Waals surface area contributed by atoms with Crippen LogP contribution < -0.4 is 10.1 Å². The molecule has 168 valence electrons. The highest BCUT2D eigenvalue weighted by atomic mass is 35.5. The molecule has 0 aliphatic rings. The fourth-order valence-corrected chi connectivity index (χ4v) is 3.77. The Kier molecular flexibility index (Phi) is 9.66. The van der Waals surface area contributed by atoms with Crippen molar-refractivity contribution in [3.63, 3.8) is 0 Å². The minimum absolute atomic E-state index is 0.174. The second kappa shape index (κ2) is 12.0. The molecule has 2 aromatic carbocycles. The molecule has 0 fully saturated rings. The van der Waals surface area contributed by atoms with E-state index in [-0.39, 0.29) is 25.0 Å². The van der Waals surface area contributed by atoms with Crippen LogP contribution in [0.2, 0.25) is 10.0 Å². The van der Waals surface area contributed by atoms with E-state index in [9.17, 15) is 9.59 Å². The lowest BCUT2D eigenvalue weighted by molar-refractivity contribution is -0.143. The predicted molar refractivity (Wildman–Crippen MR) is 126 cm³/mol. The van der Waals surface area contributed by atoms with Gasteiger partial charge in [0.15, 0.2) is 6.61 Å². The number of benzene rings is 2. The summed E-state index contributed by atoms with van der Waals surface area (Å²) in [6, 6.07) is 10.3. The van der Waals surface area contributed by atoms with Gasteiger partial charge < -0.3 is 15.0 Å². The van der Waals surface area contributed by atoms with Crippen LogP contribution in [0.15, 0.2) is 36.4 Å². The molecule has 0 heterocycles. The third-order valence-electron chi connectivity index (χ3n) is 4.97. The fraction of sp³-hybridized carbons (Fsp3) is 0.417. The topological polar surface area (TPSA) is 58.6 Å². The number of halogens is 2. The molecule has 0 aromatic heterocycles. The predicted octanol–water partition coefficient (Wildman–Crippen LogP) is 5.32. The van der Waals surface area contributed by atoms with Gasteiger partial charge >= 0.3 is 0 Å². The molecule has 0 aliphatic heterocycles. The standard InChI is InChI=1S/C24H30Cl2N2O3/c1-5-11-27-24(30)21(6-2)28(14-18-8-9-19(25)13-20(18)26)23(29)15-31-22-10-7-16(3)12-17(22)4/h7-10,12-13,21H,5-6,11,14-15H2,1-4H3,(H,27,30). The fourth-order valence-electron chi connectivity index (χ4n) is 3.30. The van der Waals surface area contributed by atoms with Crippen molar-refractivity contribution in [3.05, 3.63) is 63.1 Å². The van der Waals surface area contributed by atoms with Crippen molar-refractivity contribution in [2.75, 3.05) is 13.2 Å². The number of amides is 2. The first-order valence-corrected chi connectivity index (χ1v) is 11.2. The largest absolute Gasteiger partial charge is 0.483 e. The van der Waals surface area contributed by atoms with E-state index >= 15 is 0 Å². The third kappa shape index (κ3) is 7.15. The molecule has 1 unspecified atom stereocenters. The second-order valence-corrected chi connectivity index (χ2v) is 8.37. The number of aryl methyl sites for hydroxylation is 2. The van der Waals surface area contributed by atoms with E-state index in [0.717, 1.165) is 17.5 Å². The molecule has 7 heteroatoms. The van der Waals surface area contributed by atoms with Gasteiger partial charge in [0.05, 0.1) is 0 Å². The lowest BCUT2D eigenvalue weighted by atomic mass is 10.1. The van der Waals surface area contributed by atoms with Crippen molar-refractivity contribution >= 4 is 35.0 Å². The van der Waals surface area contributed by atoms with Gasteiger partial charge in [0.25, 0.3) is 5.91 Å². The van der Waals surface area contributed by atoms with Crippen molar-refractivity contribution < 1.29 is 14.3 Å². The molecule has 5 nitrogen and oxygen atoms in total. The van der Waals surface area contributed by atoms with Crippen LogP contribution in [-0.4, -0.2) is 35.9 Å². The Hall–Kier alpha value is -2.24. The number of hydrogen-bond acceptors (Lipinski definition) is 3. The summed E-state index contributed by atoms with van der Waals surface area (Å²) in [6.07, 6.45) is 1.28. The molecule has 0 saturated heterocycles. The van der Waals surface area contributed by atoms with Crippen LogP contribution in [0.1, 0.15) is 43.4 Å². The first kappa shape index (κ1) is 25.0. The number of nitrogens with zero attached hydrogens (tertiary/aromatic N) is 1. The average molecular weight is 465 g/mol. The molecule has 2 amide bonds. The first-order valence-electron chi connectivity index (χ1n) is 10.5. The maximum atomic E-state index is 13.2. The molecular weight excluding hydrogens is 435 g/mol. The van der Waals surface area contributed by atoms with Crippen molar-refractivity contribution in [2.45, 2.75) is 53.1 Å². The van der Waals surface area contributed by atoms with Gasteiger partial charge in [0.1, 0.15) is 11.8 Å². The summed E-state index contributed by atoms with van der Waals surface area (Å²) < 4.78 is 5.80. The van der Waals surface area contributed by atoms with Gasteiger partial charge in [-0.3, -0.25) is 9.59 Å². The minimum Gasteiger partial charge on any atom is -0.483 e. The van der Waals surface area contributed by atoms with Crippen LogP contribution in [0.4, 0.5) is 0 Å². The second-order valence-electron chi connectivity index (χ2n) is 7.53. The van der Waals surface area contributed by atoms with E-state index in [4.69, 9.17) is 27.9 Å². The van der Waals surface area contributed by atoms with Gasteiger partial charge in [-0.2, -0.15) is 0 Å². The molecular formula is C24H30Cl2N2O3.